The van der Waals surface area contributed by atoms with E-state index in [0.717, 1.165) is 13.8 Å². The first-order valence-electron chi connectivity index (χ1n) is 5.72. The van der Waals surface area contributed by atoms with Gasteiger partial charge in [-0.2, -0.15) is 0 Å². The smallest absolute Gasteiger partial charge is 0.238 e. The Morgan fingerprint density at radius 3 is 1.06 bits per heavy atom. The van der Waals surface area contributed by atoms with Crippen LogP contribution in [0.1, 0.15) is 20.8 Å². The summed E-state index contributed by atoms with van der Waals surface area (Å²) in [5.41, 5.74) is -2.40. The number of halogens is 3. The lowest BCUT2D eigenvalue weighted by Gasteiger charge is -2.21. The second kappa shape index (κ2) is 5.42. The topological polar surface area (TPSA) is 0 Å². The summed E-state index contributed by atoms with van der Waals surface area (Å²) in [6, 6.07) is 16.7. The van der Waals surface area contributed by atoms with Crippen molar-refractivity contribution in [3.8, 4) is 0 Å². The fourth-order valence-electron chi connectivity index (χ4n) is 1.13. The van der Waals surface area contributed by atoms with Gasteiger partial charge in [0.15, 0.2) is 5.67 Å². The molecule has 18 heavy (non-hydrogen) atoms. The minimum Gasteiger partial charge on any atom is -0.238 e. The third kappa shape index (κ3) is 4.06. The molecule has 0 spiro atoms. The highest BCUT2D eigenvalue weighted by Gasteiger charge is 2.42. The van der Waals surface area contributed by atoms with Crippen molar-refractivity contribution >= 4 is 10.8 Å². The van der Waals surface area contributed by atoms with Crippen LogP contribution < -0.4 is 0 Å². The largest absolute Gasteiger partial charge is 0.278 e. The second-order valence-electron chi connectivity index (χ2n) is 4.71. The molecule has 0 nitrogen and oxygen atoms in total. The van der Waals surface area contributed by atoms with E-state index < -0.39 is 11.6 Å². The molecule has 0 aromatic heterocycles. The van der Waals surface area contributed by atoms with Gasteiger partial charge in [0.1, 0.15) is 0 Å². The molecule has 2 aromatic rings. The fraction of sp³-hybridized carbons (Fsp3) is 0.333. The summed E-state index contributed by atoms with van der Waals surface area (Å²) in [5.74, 6) is -3.23. The van der Waals surface area contributed by atoms with E-state index in [1.165, 1.54) is 10.8 Å². The average molecular weight is 254 g/mol. The Kier molecular flexibility index (Phi) is 4.38. The van der Waals surface area contributed by atoms with Gasteiger partial charge < -0.3 is 0 Å². The standard InChI is InChI=1S/C10H8.C5H9F3/c1-2-6-10-8-4-3-7-9(10)5-1;1-4(2,6)5(3,7)8/h1-8H;1-3H3. The van der Waals surface area contributed by atoms with Gasteiger partial charge in [-0.3, -0.25) is 0 Å². The number of fused-ring (bicyclic) bond motifs is 1. The summed E-state index contributed by atoms with van der Waals surface area (Å²) in [6.07, 6.45) is 0. The zero-order valence-corrected chi connectivity index (χ0v) is 10.8. The van der Waals surface area contributed by atoms with Crippen molar-refractivity contribution in [2.24, 2.45) is 0 Å². The van der Waals surface area contributed by atoms with Gasteiger partial charge in [0.25, 0.3) is 5.92 Å². The molecule has 0 N–H and O–H groups in total. The lowest BCUT2D eigenvalue weighted by Crippen LogP contribution is -2.35. The molecule has 2 rings (SSSR count). The zero-order valence-electron chi connectivity index (χ0n) is 10.8. The molecular formula is C15H17F3. The monoisotopic (exact) mass is 254 g/mol. The van der Waals surface area contributed by atoms with Gasteiger partial charge in [-0.15, -0.1) is 0 Å². The summed E-state index contributed by atoms with van der Waals surface area (Å²) in [6.45, 7) is 2.27. The highest BCUT2D eigenvalue weighted by atomic mass is 19.3. The number of benzene rings is 2. The van der Waals surface area contributed by atoms with Gasteiger partial charge in [-0.25, -0.2) is 13.2 Å². The fourth-order valence-corrected chi connectivity index (χ4v) is 1.13. The Morgan fingerprint density at radius 1 is 0.667 bits per heavy atom. The Labute approximate surface area is 105 Å². The zero-order chi connectivity index (χ0) is 13.8. The normalized spacial score (nSPS) is 11.9. The Balaban J connectivity index is 0.000000187. The molecule has 0 heterocycles. The van der Waals surface area contributed by atoms with E-state index >= 15 is 0 Å². The molecule has 0 amide bonds. The molecule has 0 unspecified atom stereocenters. The summed E-state index contributed by atoms with van der Waals surface area (Å²) < 4.78 is 35.9. The molecule has 0 radical (unpaired) electrons. The van der Waals surface area contributed by atoms with Crippen molar-refractivity contribution in [3.63, 3.8) is 0 Å². The molecule has 0 saturated carbocycles. The first kappa shape index (κ1) is 14.6. The molecule has 98 valence electrons. The van der Waals surface area contributed by atoms with Crippen LogP contribution in [0.4, 0.5) is 13.2 Å². The highest BCUT2D eigenvalue weighted by Crippen LogP contribution is 2.30. The molecule has 3 heteroatoms. The van der Waals surface area contributed by atoms with Crippen LogP contribution in [0.3, 0.4) is 0 Å². The first-order chi connectivity index (χ1) is 8.22. The van der Waals surface area contributed by atoms with Crippen LogP contribution in [0.5, 0.6) is 0 Å². The minimum atomic E-state index is -3.23. The minimum absolute atomic E-state index is 0.562. The summed E-state index contributed by atoms with van der Waals surface area (Å²) in [4.78, 5) is 0. The van der Waals surface area contributed by atoms with Crippen LogP contribution in [0.15, 0.2) is 48.5 Å². The van der Waals surface area contributed by atoms with E-state index in [4.69, 9.17) is 0 Å². The van der Waals surface area contributed by atoms with Crippen LogP contribution in [0.2, 0.25) is 0 Å². The van der Waals surface area contributed by atoms with Crippen molar-refractivity contribution < 1.29 is 13.2 Å². The molecule has 2 aromatic carbocycles. The molecule has 0 saturated heterocycles. The number of alkyl halides is 3. The van der Waals surface area contributed by atoms with Crippen LogP contribution >= 0.6 is 0 Å². The van der Waals surface area contributed by atoms with Crippen molar-refractivity contribution in [3.05, 3.63) is 48.5 Å². The van der Waals surface area contributed by atoms with Crippen molar-refractivity contribution in [1.29, 1.82) is 0 Å². The number of rotatable bonds is 1. The van der Waals surface area contributed by atoms with Gasteiger partial charge >= 0.3 is 0 Å². The van der Waals surface area contributed by atoms with Crippen molar-refractivity contribution in [2.75, 3.05) is 0 Å². The SMILES string of the molecule is CC(C)(F)C(C)(F)F.c1ccc2ccccc2c1. The summed E-state index contributed by atoms with van der Waals surface area (Å²) in [5, 5.41) is 2.62. The van der Waals surface area contributed by atoms with Gasteiger partial charge in [-0.1, -0.05) is 48.5 Å². The maximum Gasteiger partial charge on any atom is 0.278 e. The van der Waals surface area contributed by atoms with E-state index in [1.807, 2.05) is 0 Å². The van der Waals surface area contributed by atoms with E-state index in [1.54, 1.807) is 0 Å². The van der Waals surface area contributed by atoms with Crippen LogP contribution in [-0.2, 0) is 0 Å². The van der Waals surface area contributed by atoms with E-state index in [0.29, 0.717) is 6.92 Å². The summed E-state index contributed by atoms with van der Waals surface area (Å²) >= 11 is 0. The van der Waals surface area contributed by atoms with Gasteiger partial charge in [0.05, 0.1) is 0 Å². The molecule has 0 bridgehead atoms. The van der Waals surface area contributed by atoms with E-state index in [9.17, 15) is 13.2 Å². The maximum absolute atomic E-state index is 12.1. The van der Waals surface area contributed by atoms with Gasteiger partial charge in [0.2, 0.25) is 0 Å². The Bertz CT molecular complexity index is 415. The third-order valence-corrected chi connectivity index (χ3v) is 2.70. The van der Waals surface area contributed by atoms with E-state index in [2.05, 4.69) is 48.5 Å². The first-order valence-corrected chi connectivity index (χ1v) is 5.72. The molecule has 0 aliphatic heterocycles. The van der Waals surface area contributed by atoms with Crippen molar-refractivity contribution in [2.45, 2.75) is 32.4 Å². The van der Waals surface area contributed by atoms with Gasteiger partial charge in [0, 0.05) is 6.92 Å². The third-order valence-electron chi connectivity index (χ3n) is 2.70. The van der Waals surface area contributed by atoms with Crippen LogP contribution in [0, 0.1) is 0 Å². The molecule has 0 fully saturated rings. The highest BCUT2D eigenvalue weighted by molar-refractivity contribution is 5.81. The summed E-state index contributed by atoms with van der Waals surface area (Å²) in [7, 11) is 0. The Morgan fingerprint density at radius 2 is 0.889 bits per heavy atom. The lowest BCUT2D eigenvalue weighted by atomic mass is 10.1. The quantitative estimate of drug-likeness (QED) is 0.653. The molecule has 0 atom stereocenters. The predicted molar refractivity (Wildman–Crippen MR) is 69.8 cm³/mol. The molecular weight excluding hydrogens is 237 g/mol. The van der Waals surface area contributed by atoms with Crippen molar-refractivity contribution in [1.82, 2.24) is 0 Å². The lowest BCUT2D eigenvalue weighted by molar-refractivity contribution is -0.104. The van der Waals surface area contributed by atoms with Gasteiger partial charge in [-0.05, 0) is 24.6 Å². The average Bonchev–Trinajstić information content (AvgIpc) is 2.27. The van der Waals surface area contributed by atoms with Crippen LogP contribution in [-0.4, -0.2) is 11.6 Å². The molecule has 0 aliphatic rings. The second-order valence-corrected chi connectivity index (χ2v) is 4.71. The van der Waals surface area contributed by atoms with Crippen LogP contribution in [0.25, 0.3) is 10.8 Å². The number of hydrogen-bond acceptors (Lipinski definition) is 0. The predicted octanol–water partition coefficient (Wildman–Crippen LogP) is 5.23. The Hall–Kier alpha value is -1.51. The van der Waals surface area contributed by atoms with E-state index in [-0.39, 0.29) is 0 Å². The maximum atomic E-state index is 12.1. The number of hydrogen-bond donors (Lipinski definition) is 0. The molecule has 0 aliphatic carbocycles.